The van der Waals surface area contributed by atoms with Crippen LogP contribution in [0, 0.1) is 11.8 Å². The summed E-state index contributed by atoms with van der Waals surface area (Å²) in [6.07, 6.45) is 40.9. The Bertz CT molecular complexity index is 839. The Morgan fingerprint density at radius 1 is 0.345 bits per heavy atom. The SMILES string of the molecule is CCCCCCCCCCCCCC(=O)OC[C@H](COC(=O)CCCCCCCCCCCC(C)C)OC(=O)CCCCCCCCCCCCCC(C)C. The second kappa shape index (κ2) is 42.0. The highest BCUT2D eigenvalue weighted by molar-refractivity contribution is 5.71. The van der Waals surface area contributed by atoms with Crippen LogP contribution in [0.2, 0.25) is 0 Å². The van der Waals surface area contributed by atoms with Crippen LogP contribution in [-0.2, 0) is 28.6 Å². The lowest BCUT2D eigenvalue weighted by Gasteiger charge is -2.18. The number of ether oxygens (including phenoxy) is 3. The van der Waals surface area contributed by atoms with Crippen molar-refractivity contribution in [1.82, 2.24) is 0 Å². The van der Waals surface area contributed by atoms with E-state index >= 15 is 0 Å². The number of unbranched alkanes of at least 4 members (excludes halogenated alkanes) is 28. The van der Waals surface area contributed by atoms with Crippen LogP contribution in [0.1, 0.15) is 266 Å². The normalized spacial score (nSPS) is 12.1. The predicted octanol–water partition coefficient (Wildman–Crippen LogP) is 15.4. The van der Waals surface area contributed by atoms with E-state index in [0.29, 0.717) is 19.3 Å². The van der Waals surface area contributed by atoms with Crippen molar-refractivity contribution in [3.05, 3.63) is 0 Å². The molecule has 6 nitrogen and oxygen atoms in total. The van der Waals surface area contributed by atoms with Gasteiger partial charge in [-0.1, -0.05) is 227 Å². The minimum atomic E-state index is -0.761. The molecule has 0 radical (unpaired) electrons. The summed E-state index contributed by atoms with van der Waals surface area (Å²) in [6.45, 7) is 11.3. The van der Waals surface area contributed by atoms with Gasteiger partial charge in [-0.05, 0) is 31.1 Å². The monoisotopic (exact) mass is 779 g/mol. The average molecular weight is 779 g/mol. The molecule has 0 heterocycles. The zero-order valence-corrected chi connectivity index (χ0v) is 37.6. The number of esters is 3. The molecule has 0 aromatic heterocycles. The Hall–Kier alpha value is -1.59. The Morgan fingerprint density at radius 3 is 0.891 bits per heavy atom. The fourth-order valence-corrected chi connectivity index (χ4v) is 7.28. The highest BCUT2D eigenvalue weighted by Gasteiger charge is 2.19. The number of hydrogen-bond donors (Lipinski definition) is 0. The molecular weight excluding hydrogens is 685 g/mol. The number of hydrogen-bond acceptors (Lipinski definition) is 6. The quantitative estimate of drug-likeness (QED) is 0.0348. The summed E-state index contributed by atoms with van der Waals surface area (Å²) in [5, 5.41) is 0. The lowest BCUT2D eigenvalue weighted by molar-refractivity contribution is -0.167. The first kappa shape index (κ1) is 53.4. The molecule has 0 unspecified atom stereocenters. The van der Waals surface area contributed by atoms with E-state index in [0.717, 1.165) is 69.6 Å². The van der Waals surface area contributed by atoms with Crippen LogP contribution in [0.5, 0.6) is 0 Å². The van der Waals surface area contributed by atoms with Crippen LogP contribution in [0.15, 0.2) is 0 Å². The molecule has 0 aromatic carbocycles. The first-order valence-corrected chi connectivity index (χ1v) is 24.2. The Morgan fingerprint density at radius 2 is 0.600 bits per heavy atom. The van der Waals surface area contributed by atoms with Crippen molar-refractivity contribution in [1.29, 1.82) is 0 Å². The molecule has 0 bridgehead atoms. The van der Waals surface area contributed by atoms with Gasteiger partial charge in [0.15, 0.2) is 6.10 Å². The van der Waals surface area contributed by atoms with E-state index in [1.165, 1.54) is 154 Å². The molecule has 0 spiro atoms. The van der Waals surface area contributed by atoms with Gasteiger partial charge in [0.1, 0.15) is 13.2 Å². The van der Waals surface area contributed by atoms with E-state index in [2.05, 4.69) is 34.6 Å². The standard InChI is InChI=1S/C49H94O6/c1-6-7-8-9-10-11-13-19-24-29-34-39-47(50)53-42-46(43-54-48(51)40-35-30-25-21-16-18-23-28-33-38-45(4)5)55-49(52)41-36-31-26-20-15-12-14-17-22-27-32-37-44(2)3/h44-46H,6-43H2,1-5H3/t46-/m1/s1. The summed E-state index contributed by atoms with van der Waals surface area (Å²) >= 11 is 0. The molecule has 0 N–H and O–H groups in total. The van der Waals surface area contributed by atoms with Gasteiger partial charge in [-0.25, -0.2) is 0 Å². The van der Waals surface area contributed by atoms with E-state index < -0.39 is 6.10 Å². The second-order valence-electron chi connectivity index (χ2n) is 17.7. The van der Waals surface area contributed by atoms with Gasteiger partial charge in [0.25, 0.3) is 0 Å². The molecule has 0 aliphatic carbocycles. The summed E-state index contributed by atoms with van der Waals surface area (Å²) in [4.78, 5) is 37.8. The molecule has 0 fully saturated rings. The van der Waals surface area contributed by atoms with Crippen molar-refractivity contribution in [3.8, 4) is 0 Å². The summed E-state index contributed by atoms with van der Waals surface area (Å²) in [5.41, 5.74) is 0. The van der Waals surface area contributed by atoms with Crippen LogP contribution < -0.4 is 0 Å². The molecule has 55 heavy (non-hydrogen) atoms. The first-order chi connectivity index (χ1) is 26.7. The van der Waals surface area contributed by atoms with Crippen molar-refractivity contribution in [3.63, 3.8) is 0 Å². The van der Waals surface area contributed by atoms with E-state index in [1.54, 1.807) is 0 Å². The third-order valence-electron chi connectivity index (χ3n) is 11.0. The maximum Gasteiger partial charge on any atom is 0.306 e. The van der Waals surface area contributed by atoms with Crippen LogP contribution >= 0.6 is 0 Å². The third-order valence-corrected chi connectivity index (χ3v) is 11.0. The number of rotatable bonds is 43. The van der Waals surface area contributed by atoms with Crippen LogP contribution in [-0.4, -0.2) is 37.2 Å². The molecule has 0 saturated carbocycles. The van der Waals surface area contributed by atoms with E-state index in [-0.39, 0.29) is 31.1 Å². The average Bonchev–Trinajstić information content (AvgIpc) is 3.15. The Kier molecular flexibility index (Phi) is 40.8. The van der Waals surface area contributed by atoms with Crippen molar-refractivity contribution in [2.24, 2.45) is 11.8 Å². The lowest BCUT2D eigenvalue weighted by Crippen LogP contribution is -2.30. The maximum absolute atomic E-state index is 12.7. The van der Waals surface area contributed by atoms with Crippen molar-refractivity contribution >= 4 is 17.9 Å². The van der Waals surface area contributed by atoms with Gasteiger partial charge >= 0.3 is 17.9 Å². The minimum absolute atomic E-state index is 0.0644. The predicted molar refractivity (Wildman–Crippen MR) is 233 cm³/mol. The Labute approximate surface area is 342 Å². The second-order valence-corrected chi connectivity index (χ2v) is 17.7. The maximum atomic E-state index is 12.7. The molecule has 326 valence electrons. The lowest BCUT2D eigenvalue weighted by atomic mass is 10.0. The fraction of sp³-hybridized carbons (Fsp3) is 0.939. The third kappa shape index (κ3) is 43.4. The Balaban J connectivity index is 4.33. The molecule has 0 amide bonds. The van der Waals surface area contributed by atoms with Crippen molar-refractivity contribution < 1.29 is 28.6 Å². The van der Waals surface area contributed by atoms with Crippen LogP contribution in [0.25, 0.3) is 0 Å². The molecule has 0 saturated heterocycles. The van der Waals surface area contributed by atoms with Gasteiger partial charge in [0, 0.05) is 19.3 Å². The summed E-state index contributed by atoms with van der Waals surface area (Å²) in [5.74, 6) is 0.779. The topological polar surface area (TPSA) is 78.9 Å². The molecule has 1 atom stereocenters. The van der Waals surface area contributed by atoms with E-state index in [4.69, 9.17) is 14.2 Å². The van der Waals surface area contributed by atoms with E-state index in [9.17, 15) is 14.4 Å². The smallest absolute Gasteiger partial charge is 0.306 e. The summed E-state index contributed by atoms with van der Waals surface area (Å²) in [6, 6.07) is 0. The van der Waals surface area contributed by atoms with Crippen LogP contribution in [0.3, 0.4) is 0 Å². The van der Waals surface area contributed by atoms with Crippen LogP contribution in [0.4, 0.5) is 0 Å². The van der Waals surface area contributed by atoms with Gasteiger partial charge in [-0.2, -0.15) is 0 Å². The van der Waals surface area contributed by atoms with Gasteiger partial charge < -0.3 is 14.2 Å². The zero-order chi connectivity index (χ0) is 40.5. The van der Waals surface area contributed by atoms with Crippen molar-refractivity contribution in [2.75, 3.05) is 13.2 Å². The molecule has 0 aromatic rings. The highest BCUT2D eigenvalue weighted by Crippen LogP contribution is 2.17. The molecule has 0 rings (SSSR count). The molecule has 0 aliphatic rings. The minimum Gasteiger partial charge on any atom is -0.462 e. The summed E-state index contributed by atoms with van der Waals surface area (Å²) < 4.78 is 16.8. The highest BCUT2D eigenvalue weighted by atomic mass is 16.6. The summed E-state index contributed by atoms with van der Waals surface area (Å²) in [7, 11) is 0. The number of carbonyl (C=O) groups excluding carboxylic acids is 3. The first-order valence-electron chi connectivity index (χ1n) is 24.2. The zero-order valence-electron chi connectivity index (χ0n) is 37.6. The van der Waals surface area contributed by atoms with Gasteiger partial charge in [-0.15, -0.1) is 0 Å². The fourth-order valence-electron chi connectivity index (χ4n) is 7.28. The van der Waals surface area contributed by atoms with Gasteiger partial charge in [0.05, 0.1) is 0 Å². The molecular formula is C49H94O6. The largest absolute Gasteiger partial charge is 0.462 e. The number of carbonyl (C=O) groups is 3. The van der Waals surface area contributed by atoms with Gasteiger partial charge in [-0.3, -0.25) is 14.4 Å². The van der Waals surface area contributed by atoms with Gasteiger partial charge in [0.2, 0.25) is 0 Å². The molecule has 0 aliphatic heterocycles. The van der Waals surface area contributed by atoms with E-state index in [1.807, 2.05) is 0 Å². The molecule has 6 heteroatoms. The van der Waals surface area contributed by atoms with Crippen molar-refractivity contribution in [2.45, 2.75) is 272 Å².